The summed E-state index contributed by atoms with van der Waals surface area (Å²) in [7, 11) is 0. The minimum Gasteiger partial charge on any atom is -0.396 e. The van der Waals surface area contributed by atoms with E-state index in [0.717, 1.165) is 16.8 Å². The van der Waals surface area contributed by atoms with Gasteiger partial charge in [0, 0.05) is 11.8 Å². The SMILES string of the molecule is Cc1ccc(N2C(=O)C(=Cc3ccc(SCCO)c([N+](=O)[O-])c3)SC2=S)c(C)c1. The Morgan fingerprint density at radius 1 is 1.28 bits per heavy atom. The maximum Gasteiger partial charge on any atom is 0.283 e. The molecule has 0 atom stereocenters. The molecule has 0 unspecified atom stereocenters. The third-order valence-corrected chi connectivity index (χ3v) is 6.56. The van der Waals surface area contributed by atoms with Gasteiger partial charge in [0.2, 0.25) is 0 Å². The maximum absolute atomic E-state index is 13.0. The number of aliphatic hydroxyl groups is 1. The van der Waals surface area contributed by atoms with E-state index in [1.54, 1.807) is 18.2 Å². The molecule has 1 N–H and O–H groups in total. The van der Waals surface area contributed by atoms with Crippen molar-refractivity contribution in [3.63, 3.8) is 0 Å². The van der Waals surface area contributed by atoms with E-state index in [-0.39, 0.29) is 18.2 Å². The highest BCUT2D eigenvalue weighted by atomic mass is 32.2. The fourth-order valence-electron chi connectivity index (χ4n) is 2.93. The fourth-order valence-corrected chi connectivity index (χ4v) is 4.97. The minimum absolute atomic E-state index is 0.0537. The van der Waals surface area contributed by atoms with E-state index in [2.05, 4.69) is 0 Å². The first-order chi connectivity index (χ1) is 13.8. The lowest BCUT2D eigenvalue weighted by Crippen LogP contribution is -2.28. The molecule has 1 aliphatic rings. The van der Waals surface area contributed by atoms with Crippen LogP contribution in [0.2, 0.25) is 0 Å². The van der Waals surface area contributed by atoms with Crippen LogP contribution in [0.3, 0.4) is 0 Å². The van der Waals surface area contributed by atoms with E-state index in [9.17, 15) is 14.9 Å². The van der Waals surface area contributed by atoms with Gasteiger partial charge in [0.05, 0.1) is 27.0 Å². The smallest absolute Gasteiger partial charge is 0.283 e. The zero-order valence-corrected chi connectivity index (χ0v) is 18.2. The summed E-state index contributed by atoms with van der Waals surface area (Å²) in [5.74, 6) is 0.128. The van der Waals surface area contributed by atoms with E-state index < -0.39 is 4.92 Å². The molecule has 1 heterocycles. The van der Waals surface area contributed by atoms with Gasteiger partial charge in [-0.15, -0.1) is 11.8 Å². The summed E-state index contributed by atoms with van der Waals surface area (Å²) in [6.07, 6.45) is 1.62. The molecule has 29 heavy (non-hydrogen) atoms. The molecule has 0 radical (unpaired) electrons. The molecule has 0 aliphatic carbocycles. The summed E-state index contributed by atoms with van der Waals surface area (Å²) < 4.78 is 0.429. The fraction of sp³-hybridized carbons (Fsp3) is 0.200. The van der Waals surface area contributed by atoms with Crippen molar-refractivity contribution in [2.45, 2.75) is 18.7 Å². The number of rotatable bonds is 6. The molecule has 1 fully saturated rings. The molecule has 2 aromatic carbocycles. The largest absolute Gasteiger partial charge is 0.396 e. The van der Waals surface area contributed by atoms with Crippen LogP contribution in [-0.4, -0.2) is 32.6 Å². The second-order valence-corrected chi connectivity index (χ2v) is 9.18. The molecule has 2 aromatic rings. The third kappa shape index (κ3) is 4.69. The number of nitro benzene ring substituents is 1. The molecule has 9 heteroatoms. The first-order valence-electron chi connectivity index (χ1n) is 8.69. The van der Waals surface area contributed by atoms with Gasteiger partial charge in [-0.05, 0) is 43.2 Å². The first kappa shape index (κ1) is 21.5. The molecule has 0 spiro atoms. The van der Waals surface area contributed by atoms with Crippen LogP contribution in [0.1, 0.15) is 16.7 Å². The quantitative estimate of drug-likeness (QED) is 0.226. The number of nitrogens with zero attached hydrogens (tertiary/aromatic N) is 2. The lowest BCUT2D eigenvalue weighted by molar-refractivity contribution is -0.387. The molecule has 3 rings (SSSR count). The van der Waals surface area contributed by atoms with E-state index in [0.29, 0.717) is 25.4 Å². The maximum atomic E-state index is 13.0. The lowest BCUT2D eigenvalue weighted by Gasteiger charge is -2.17. The number of aryl methyl sites for hydroxylation is 2. The van der Waals surface area contributed by atoms with Crippen LogP contribution in [0.25, 0.3) is 6.08 Å². The molecule has 6 nitrogen and oxygen atoms in total. The number of hydrogen-bond donors (Lipinski definition) is 1. The normalized spacial score (nSPS) is 15.4. The number of nitro groups is 1. The Hall–Kier alpha value is -2.20. The molecule has 1 aliphatic heterocycles. The van der Waals surface area contributed by atoms with Gasteiger partial charge in [-0.25, -0.2) is 0 Å². The molecular formula is C20H18N2O4S3. The Morgan fingerprint density at radius 2 is 2.03 bits per heavy atom. The molecule has 0 bridgehead atoms. The van der Waals surface area contributed by atoms with Crippen molar-refractivity contribution in [3.8, 4) is 0 Å². The molecule has 150 valence electrons. The Balaban J connectivity index is 1.93. The highest BCUT2D eigenvalue weighted by Gasteiger charge is 2.34. The standard InChI is InChI=1S/C20H18N2O4S3/c1-12-3-5-15(13(2)9-12)21-19(24)18(29-20(21)27)11-14-4-6-17(28-8-7-23)16(10-14)22(25)26/h3-6,9-11,23H,7-8H2,1-2H3. The summed E-state index contributed by atoms with van der Waals surface area (Å²) in [4.78, 5) is 26.3. The summed E-state index contributed by atoms with van der Waals surface area (Å²) in [6, 6.07) is 10.6. The third-order valence-electron chi connectivity index (χ3n) is 4.21. The Kier molecular flexibility index (Phi) is 6.74. The van der Waals surface area contributed by atoms with Gasteiger partial charge in [0.25, 0.3) is 11.6 Å². The van der Waals surface area contributed by atoms with Crippen LogP contribution >= 0.6 is 35.7 Å². The number of anilines is 1. The van der Waals surface area contributed by atoms with Crippen molar-refractivity contribution in [1.29, 1.82) is 0 Å². The monoisotopic (exact) mass is 446 g/mol. The minimum atomic E-state index is -0.460. The van der Waals surface area contributed by atoms with Gasteiger partial charge in [0.15, 0.2) is 4.32 Å². The summed E-state index contributed by atoms with van der Waals surface area (Å²) in [6.45, 7) is 3.84. The van der Waals surface area contributed by atoms with Crippen molar-refractivity contribution < 1.29 is 14.8 Å². The predicted molar refractivity (Wildman–Crippen MR) is 122 cm³/mol. The topological polar surface area (TPSA) is 83.7 Å². The number of carbonyl (C=O) groups excluding carboxylic acids is 1. The van der Waals surface area contributed by atoms with Crippen molar-refractivity contribution in [3.05, 3.63) is 68.1 Å². The van der Waals surface area contributed by atoms with E-state index in [4.69, 9.17) is 17.3 Å². The summed E-state index contributed by atoms with van der Waals surface area (Å²) in [5.41, 5.74) is 3.28. The van der Waals surface area contributed by atoms with Gasteiger partial charge < -0.3 is 5.11 Å². The van der Waals surface area contributed by atoms with Crippen LogP contribution in [0.5, 0.6) is 0 Å². The van der Waals surface area contributed by atoms with Crippen molar-refractivity contribution >= 4 is 63.4 Å². The van der Waals surface area contributed by atoms with Crippen LogP contribution in [0.15, 0.2) is 46.2 Å². The summed E-state index contributed by atoms with van der Waals surface area (Å²) in [5, 5.41) is 20.4. The van der Waals surface area contributed by atoms with Gasteiger partial charge in [-0.1, -0.05) is 47.7 Å². The average Bonchev–Trinajstić information content (AvgIpc) is 2.94. The number of carbonyl (C=O) groups is 1. The number of thioether (sulfide) groups is 2. The van der Waals surface area contributed by atoms with E-state index in [1.165, 1.54) is 34.5 Å². The lowest BCUT2D eigenvalue weighted by atomic mass is 10.1. The first-order valence-corrected chi connectivity index (χ1v) is 10.9. The Bertz CT molecular complexity index is 1040. The average molecular weight is 447 g/mol. The Labute approximate surface area is 182 Å². The summed E-state index contributed by atoms with van der Waals surface area (Å²) >= 11 is 7.81. The van der Waals surface area contributed by atoms with Crippen molar-refractivity contribution in [2.75, 3.05) is 17.3 Å². The number of benzene rings is 2. The molecule has 0 aromatic heterocycles. The van der Waals surface area contributed by atoms with Crippen LogP contribution < -0.4 is 4.90 Å². The van der Waals surface area contributed by atoms with Gasteiger partial charge in [-0.2, -0.15) is 0 Å². The second kappa shape index (κ2) is 9.08. The van der Waals surface area contributed by atoms with Gasteiger partial charge in [0.1, 0.15) is 0 Å². The van der Waals surface area contributed by atoms with Crippen LogP contribution in [-0.2, 0) is 4.79 Å². The molecule has 1 saturated heterocycles. The predicted octanol–water partition coefficient (Wildman–Crippen LogP) is 4.70. The van der Waals surface area contributed by atoms with Crippen molar-refractivity contribution in [2.24, 2.45) is 0 Å². The van der Waals surface area contributed by atoms with Crippen molar-refractivity contribution in [1.82, 2.24) is 0 Å². The van der Waals surface area contributed by atoms with E-state index in [1.807, 2.05) is 32.0 Å². The highest BCUT2D eigenvalue weighted by molar-refractivity contribution is 8.27. The molecule has 0 saturated carbocycles. The Morgan fingerprint density at radius 3 is 2.69 bits per heavy atom. The molecule has 1 amide bonds. The number of hydrogen-bond acceptors (Lipinski definition) is 7. The van der Waals surface area contributed by atoms with Crippen LogP contribution in [0, 0.1) is 24.0 Å². The number of amides is 1. The van der Waals surface area contributed by atoms with Crippen LogP contribution in [0.4, 0.5) is 11.4 Å². The van der Waals surface area contributed by atoms with Gasteiger partial charge in [-0.3, -0.25) is 19.8 Å². The number of aliphatic hydroxyl groups excluding tert-OH is 1. The zero-order valence-electron chi connectivity index (χ0n) is 15.7. The molecular weight excluding hydrogens is 428 g/mol. The second-order valence-electron chi connectivity index (χ2n) is 6.36. The van der Waals surface area contributed by atoms with E-state index >= 15 is 0 Å². The highest BCUT2D eigenvalue weighted by Crippen LogP contribution is 2.38. The van der Waals surface area contributed by atoms with Gasteiger partial charge >= 0.3 is 0 Å². The number of thiocarbonyl (C=S) groups is 1. The zero-order chi connectivity index (χ0) is 21.1.